The molecule has 0 spiro atoms. The van der Waals surface area contributed by atoms with Crippen molar-refractivity contribution in [1.29, 1.82) is 0 Å². The molecular formula is C34H58NO8P. The number of hydrogen-bond donors (Lipinski definition) is 3. The van der Waals surface area contributed by atoms with E-state index in [1.54, 1.807) is 0 Å². The molecule has 0 aliphatic rings. The fourth-order valence-corrected chi connectivity index (χ4v) is 4.52. The summed E-state index contributed by atoms with van der Waals surface area (Å²) in [5.74, 6) is -0.593. The lowest BCUT2D eigenvalue weighted by atomic mass is 10.1. The van der Waals surface area contributed by atoms with Gasteiger partial charge in [0.15, 0.2) is 0 Å². The van der Waals surface area contributed by atoms with E-state index >= 15 is 0 Å². The van der Waals surface area contributed by atoms with E-state index in [-0.39, 0.29) is 32.1 Å². The maximum absolute atomic E-state index is 12.0. The van der Waals surface area contributed by atoms with Gasteiger partial charge in [0.25, 0.3) is 0 Å². The van der Waals surface area contributed by atoms with Gasteiger partial charge in [-0.25, -0.2) is 4.57 Å². The topological polar surface area (TPSA) is 131 Å². The molecule has 0 aromatic heterocycles. The minimum atomic E-state index is -4.42. The summed E-state index contributed by atoms with van der Waals surface area (Å²) < 4.78 is 26.5. The molecule has 0 fully saturated rings. The number of hydrogen-bond acceptors (Lipinski definition) is 7. The van der Waals surface area contributed by atoms with E-state index < -0.39 is 26.5 Å². The lowest BCUT2D eigenvalue weighted by Crippen LogP contribution is -2.27. The first kappa shape index (κ1) is 41.7. The molecule has 0 saturated heterocycles. The second-order valence-corrected chi connectivity index (χ2v) is 11.9. The monoisotopic (exact) mass is 639 g/mol. The van der Waals surface area contributed by atoms with Crippen LogP contribution in [0, 0.1) is 0 Å². The molecule has 0 aliphatic heterocycles. The number of ether oxygens (including phenoxy) is 1. The quantitative estimate of drug-likeness (QED) is 0.0327. The molecular weight excluding hydrogens is 581 g/mol. The Morgan fingerprint density at radius 3 is 1.91 bits per heavy atom. The van der Waals surface area contributed by atoms with Gasteiger partial charge in [0.2, 0.25) is 5.91 Å². The molecule has 252 valence electrons. The van der Waals surface area contributed by atoms with Crippen molar-refractivity contribution in [3.8, 4) is 0 Å². The van der Waals surface area contributed by atoms with E-state index in [0.29, 0.717) is 12.8 Å². The molecule has 0 aromatic carbocycles. The van der Waals surface area contributed by atoms with Crippen molar-refractivity contribution in [2.45, 2.75) is 116 Å². The van der Waals surface area contributed by atoms with Crippen molar-refractivity contribution in [3.63, 3.8) is 0 Å². The largest absolute Gasteiger partial charge is 0.472 e. The van der Waals surface area contributed by atoms with Crippen molar-refractivity contribution in [2.75, 3.05) is 26.4 Å². The summed E-state index contributed by atoms with van der Waals surface area (Å²) >= 11 is 0. The van der Waals surface area contributed by atoms with Crippen LogP contribution in [0.15, 0.2) is 60.8 Å². The number of allylic oxidation sites excluding steroid dienone is 10. The number of nitrogens with one attached hydrogen (secondary N) is 1. The summed E-state index contributed by atoms with van der Waals surface area (Å²) in [7, 11) is -4.42. The Kier molecular flexibility index (Phi) is 29.1. The van der Waals surface area contributed by atoms with Crippen LogP contribution in [-0.4, -0.2) is 54.3 Å². The van der Waals surface area contributed by atoms with Crippen molar-refractivity contribution in [1.82, 2.24) is 5.32 Å². The van der Waals surface area contributed by atoms with Crippen LogP contribution in [0.2, 0.25) is 0 Å². The molecule has 0 radical (unpaired) electrons. The zero-order chi connectivity index (χ0) is 32.6. The third kappa shape index (κ3) is 31.1. The lowest BCUT2D eigenvalue weighted by molar-refractivity contribution is -0.147. The van der Waals surface area contributed by atoms with Gasteiger partial charge in [-0.2, -0.15) is 0 Å². The number of carbonyl (C=O) groups excluding carboxylic acids is 2. The van der Waals surface area contributed by atoms with Crippen LogP contribution in [-0.2, 0) is 27.9 Å². The van der Waals surface area contributed by atoms with Gasteiger partial charge >= 0.3 is 13.8 Å². The smallest absolute Gasteiger partial charge is 0.463 e. The Bertz CT molecular complexity index is 913. The first-order chi connectivity index (χ1) is 21.3. The maximum Gasteiger partial charge on any atom is 0.472 e. The second-order valence-electron chi connectivity index (χ2n) is 10.4. The highest BCUT2D eigenvalue weighted by Gasteiger charge is 2.23. The molecule has 0 saturated carbocycles. The number of phosphoric acid groups is 1. The van der Waals surface area contributed by atoms with E-state index in [1.165, 1.54) is 6.42 Å². The molecule has 0 heterocycles. The van der Waals surface area contributed by atoms with Gasteiger partial charge in [-0.3, -0.25) is 18.6 Å². The van der Waals surface area contributed by atoms with Crippen molar-refractivity contribution < 1.29 is 37.9 Å². The highest BCUT2D eigenvalue weighted by atomic mass is 31.2. The molecule has 10 heteroatoms. The minimum Gasteiger partial charge on any atom is -0.463 e. The predicted octanol–water partition coefficient (Wildman–Crippen LogP) is 7.81. The number of carbonyl (C=O) groups is 2. The first-order valence-corrected chi connectivity index (χ1v) is 17.8. The van der Waals surface area contributed by atoms with Gasteiger partial charge in [-0.15, -0.1) is 0 Å². The van der Waals surface area contributed by atoms with Crippen LogP contribution in [0.5, 0.6) is 0 Å². The second kappa shape index (κ2) is 30.7. The zero-order valence-electron chi connectivity index (χ0n) is 27.1. The average Bonchev–Trinajstić information content (AvgIpc) is 3.00. The number of aliphatic hydroxyl groups is 1. The van der Waals surface area contributed by atoms with Gasteiger partial charge < -0.3 is 20.1 Å². The molecule has 0 aromatic rings. The standard InChI is InChI=1S/C34H58NO8P/c1-3-5-7-9-11-12-13-14-15-16-17-18-19-20-21-22-24-26-33(37)35-28-29-42-44(39,40)43-31-32(36)30-41-34(38)27-25-23-10-8-6-4-2/h5,7,11-12,14-15,17-18,20-21,32,36H,3-4,6,8-10,13,16,19,22-31H2,1-2H3,(H,35,37)(H,39,40)/b7-5-,12-11-,15-14-,18-17-,21-20-. The van der Waals surface area contributed by atoms with Crippen LogP contribution in [0.25, 0.3) is 0 Å². The van der Waals surface area contributed by atoms with E-state index in [0.717, 1.165) is 70.6 Å². The highest BCUT2D eigenvalue weighted by Crippen LogP contribution is 2.42. The van der Waals surface area contributed by atoms with Crippen LogP contribution < -0.4 is 5.32 Å². The Morgan fingerprint density at radius 2 is 1.30 bits per heavy atom. The Hall–Kier alpha value is -2.29. The summed E-state index contributed by atoms with van der Waals surface area (Å²) in [6, 6.07) is 0. The summed E-state index contributed by atoms with van der Waals surface area (Å²) in [5, 5.41) is 12.5. The van der Waals surface area contributed by atoms with Gasteiger partial charge in [-0.1, -0.05) is 107 Å². The number of amides is 1. The van der Waals surface area contributed by atoms with E-state index in [2.05, 4.69) is 79.9 Å². The van der Waals surface area contributed by atoms with E-state index in [1.807, 2.05) is 0 Å². The lowest BCUT2D eigenvalue weighted by Gasteiger charge is -2.15. The zero-order valence-corrected chi connectivity index (χ0v) is 28.0. The van der Waals surface area contributed by atoms with Crippen molar-refractivity contribution >= 4 is 19.7 Å². The molecule has 2 atom stereocenters. The molecule has 9 nitrogen and oxygen atoms in total. The fourth-order valence-electron chi connectivity index (χ4n) is 3.77. The van der Waals surface area contributed by atoms with Crippen LogP contribution in [0.1, 0.15) is 110 Å². The Morgan fingerprint density at radius 1 is 0.727 bits per heavy atom. The predicted molar refractivity (Wildman–Crippen MR) is 178 cm³/mol. The molecule has 3 N–H and O–H groups in total. The summed E-state index contributed by atoms with van der Waals surface area (Å²) in [4.78, 5) is 33.4. The minimum absolute atomic E-state index is 0.0486. The van der Waals surface area contributed by atoms with E-state index in [4.69, 9.17) is 13.8 Å². The molecule has 0 rings (SSSR count). The Labute approximate surface area is 266 Å². The molecule has 0 aliphatic carbocycles. The third-order valence-corrected chi connectivity index (χ3v) is 7.20. The number of aliphatic hydroxyl groups excluding tert-OH is 1. The van der Waals surface area contributed by atoms with Gasteiger partial charge in [0.1, 0.15) is 12.7 Å². The van der Waals surface area contributed by atoms with E-state index in [9.17, 15) is 24.2 Å². The van der Waals surface area contributed by atoms with Crippen molar-refractivity contribution in [2.24, 2.45) is 0 Å². The SMILES string of the molecule is CC/C=C\C/C=C\C/C=C\C/C=C\C/C=C\CCCC(=O)NCCOP(=O)(O)OCC(O)COC(=O)CCCCCCCC. The van der Waals surface area contributed by atoms with Crippen LogP contribution in [0.4, 0.5) is 0 Å². The molecule has 2 unspecified atom stereocenters. The van der Waals surface area contributed by atoms with Crippen LogP contribution in [0.3, 0.4) is 0 Å². The highest BCUT2D eigenvalue weighted by molar-refractivity contribution is 7.47. The summed E-state index contributed by atoms with van der Waals surface area (Å²) in [6.45, 7) is 3.24. The third-order valence-electron chi connectivity index (χ3n) is 6.21. The number of esters is 1. The summed E-state index contributed by atoms with van der Waals surface area (Å²) in [6.07, 6.45) is 33.3. The molecule has 1 amide bonds. The molecule has 0 bridgehead atoms. The molecule has 44 heavy (non-hydrogen) atoms. The summed E-state index contributed by atoms with van der Waals surface area (Å²) in [5.41, 5.74) is 0. The Balaban J connectivity index is 3.77. The van der Waals surface area contributed by atoms with Crippen LogP contribution >= 0.6 is 7.82 Å². The number of phosphoric ester groups is 1. The maximum atomic E-state index is 12.0. The average molecular weight is 640 g/mol. The fraction of sp³-hybridized carbons (Fsp3) is 0.647. The van der Waals surface area contributed by atoms with Gasteiger partial charge in [-0.05, 0) is 51.4 Å². The van der Waals surface area contributed by atoms with Gasteiger partial charge in [0, 0.05) is 19.4 Å². The number of rotatable bonds is 29. The normalized spacial score (nSPS) is 14.4. The number of unbranched alkanes of at least 4 members (excludes halogenated alkanes) is 6. The van der Waals surface area contributed by atoms with Gasteiger partial charge in [0.05, 0.1) is 13.2 Å². The van der Waals surface area contributed by atoms with Crippen molar-refractivity contribution in [3.05, 3.63) is 60.8 Å². The first-order valence-electron chi connectivity index (χ1n) is 16.3.